The minimum Gasteiger partial charge on any atom is -0.497 e. The van der Waals surface area contributed by atoms with Crippen LogP contribution in [0.2, 0.25) is 0 Å². The van der Waals surface area contributed by atoms with Crippen molar-refractivity contribution in [1.29, 1.82) is 0 Å². The number of ketones is 1. The lowest BCUT2D eigenvalue weighted by Gasteiger charge is -2.00. The highest BCUT2D eigenvalue weighted by Crippen LogP contribution is 2.25. The van der Waals surface area contributed by atoms with E-state index in [-0.39, 0.29) is 11.7 Å². The lowest BCUT2D eigenvalue weighted by molar-refractivity contribution is 0.101. The number of carbonyl (C=O) groups excluding carboxylic acids is 1. The van der Waals surface area contributed by atoms with E-state index in [1.807, 2.05) is 24.3 Å². The Hall–Kier alpha value is -1.39. The van der Waals surface area contributed by atoms with Crippen molar-refractivity contribution in [3.8, 4) is 16.3 Å². The Labute approximate surface area is 108 Å². The van der Waals surface area contributed by atoms with Crippen molar-refractivity contribution >= 4 is 28.7 Å². The summed E-state index contributed by atoms with van der Waals surface area (Å²) in [5.74, 6) is 0.608. The van der Waals surface area contributed by atoms with E-state index >= 15 is 0 Å². The first-order valence-electron chi connectivity index (χ1n) is 4.93. The Bertz CT molecular complexity index is 522. The topological polar surface area (TPSA) is 39.2 Å². The van der Waals surface area contributed by atoms with Crippen LogP contribution in [-0.2, 0) is 0 Å². The van der Waals surface area contributed by atoms with Crippen molar-refractivity contribution in [1.82, 2.24) is 4.98 Å². The molecule has 0 aliphatic heterocycles. The van der Waals surface area contributed by atoms with Gasteiger partial charge in [-0.05, 0) is 24.3 Å². The van der Waals surface area contributed by atoms with Crippen molar-refractivity contribution in [3.63, 3.8) is 0 Å². The van der Waals surface area contributed by atoms with Crippen LogP contribution in [0.15, 0.2) is 29.6 Å². The normalized spacial score (nSPS) is 10.2. The molecule has 5 heteroatoms. The fourth-order valence-corrected chi connectivity index (χ4v) is 2.30. The molecule has 0 spiro atoms. The molecule has 0 unspecified atom stereocenters. The maximum atomic E-state index is 11.4. The Morgan fingerprint density at radius 3 is 2.71 bits per heavy atom. The number of rotatable bonds is 4. The molecule has 0 aliphatic carbocycles. The van der Waals surface area contributed by atoms with E-state index in [9.17, 15) is 4.79 Å². The molecule has 1 aromatic heterocycles. The lowest BCUT2D eigenvalue weighted by Crippen LogP contribution is -1.99. The molecule has 0 bridgehead atoms. The highest BCUT2D eigenvalue weighted by molar-refractivity contribution is 7.13. The number of methoxy groups -OCH3 is 1. The fraction of sp³-hybridized carbons (Fsp3) is 0.167. The van der Waals surface area contributed by atoms with Crippen LogP contribution < -0.4 is 4.74 Å². The summed E-state index contributed by atoms with van der Waals surface area (Å²) in [6, 6.07) is 7.54. The minimum atomic E-state index is -0.150. The number of nitrogens with zero attached hydrogens (tertiary/aromatic N) is 1. The maximum Gasteiger partial charge on any atom is 0.196 e. The van der Waals surface area contributed by atoms with Crippen LogP contribution in [0.4, 0.5) is 0 Å². The lowest BCUT2D eigenvalue weighted by atomic mass is 10.2. The second kappa shape index (κ2) is 5.29. The first kappa shape index (κ1) is 12.1. The van der Waals surface area contributed by atoms with Gasteiger partial charge in [0.25, 0.3) is 0 Å². The van der Waals surface area contributed by atoms with Gasteiger partial charge in [-0.2, -0.15) is 0 Å². The predicted octanol–water partition coefficient (Wildman–Crippen LogP) is 3.24. The van der Waals surface area contributed by atoms with Crippen LogP contribution in [0.25, 0.3) is 10.6 Å². The van der Waals surface area contributed by atoms with Gasteiger partial charge in [-0.25, -0.2) is 4.98 Å². The monoisotopic (exact) mass is 267 g/mol. The van der Waals surface area contributed by atoms with Gasteiger partial charge in [-0.1, -0.05) is 0 Å². The molecule has 0 saturated carbocycles. The zero-order valence-electron chi connectivity index (χ0n) is 9.14. The highest BCUT2D eigenvalue weighted by atomic mass is 35.5. The quantitative estimate of drug-likeness (QED) is 0.631. The van der Waals surface area contributed by atoms with Crippen molar-refractivity contribution in [2.75, 3.05) is 13.0 Å². The SMILES string of the molecule is COc1ccc(-c2nc(C(=O)CCl)cs2)cc1. The molecule has 0 N–H and O–H groups in total. The van der Waals surface area contributed by atoms with Gasteiger partial charge in [0.2, 0.25) is 0 Å². The van der Waals surface area contributed by atoms with E-state index in [2.05, 4.69) is 4.98 Å². The first-order valence-corrected chi connectivity index (χ1v) is 6.35. The largest absolute Gasteiger partial charge is 0.497 e. The van der Waals surface area contributed by atoms with E-state index in [4.69, 9.17) is 16.3 Å². The number of aromatic nitrogens is 1. The number of Topliss-reactive ketones (excluding diaryl/α,β-unsaturated/α-hetero) is 1. The summed E-state index contributed by atoms with van der Waals surface area (Å²) in [6.07, 6.45) is 0. The van der Waals surface area contributed by atoms with E-state index in [1.165, 1.54) is 11.3 Å². The number of benzene rings is 1. The average molecular weight is 268 g/mol. The predicted molar refractivity (Wildman–Crippen MR) is 69.2 cm³/mol. The number of ether oxygens (including phenoxy) is 1. The molecule has 3 nitrogen and oxygen atoms in total. The van der Waals surface area contributed by atoms with Crippen LogP contribution in [0, 0.1) is 0 Å². The third kappa shape index (κ3) is 2.65. The summed E-state index contributed by atoms with van der Waals surface area (Å²) in [5, 5.41) is 2.53. The molecule has 0 radical (unpaired) electrons. The van der Waals surface area contributed by atoms with E-state index in [0.29, 0.717) is 5.69 Å². The summed E-state index contributed by atoms with van der Waals surface area (Å²) in [5.41, 5.74) is 1.39. The van der Waals surface area contributed by atoms with Gasteiger partial charge in [-0.15, -0.1) is 22.9 Å². The van der Waals surface area contributed by atoms with Gasteiger partial charge in [0.05, 0.1) is 13.0 Å². The molecular weight excluding hydrogens is 258 g/mol. The standard InChI is InChI=1S/C12H10ClNO2S/c1-16-9-4-2-8(3-5-9)12-14-10(7-17-12)11(15)6-13/h2-5,7H,6H2,1H3. The molecule has 88 valence electrons. The van der Waals surface area contributed by atoms with E-state index in [1.54, 1.807) is 12.5 Å². The Morgan fingerprint density at radius 2 is 2.12 bits per heavy atom. The molecular formula is C12H10ClNO2S. The molecule has 0 aliphatic rings. The first-order chi connectivity index (χ1) is 8.24. The zero-order chi connectivity index (χ0) is 12.3. The second-order valence-corrected chi connectivity index (χ2v) is 4.45. The number of hydrogen-bond acceptors (Lipinski definition) is 4. The number of hydrogen-bond donors (Lipinski definition) is 0. The molecule has 1 heterocycles. The number of halogens is 1. The summed E-state index contributed by atoms with van der Waals surface area (Å²) in [7, 11) is 1.62. The average Bonchev–Trinajstić information content (AvgIpc) is 2.87. The molecule has 1 aromatic carbocycles. The molecule has 2 rings (SSSR count). The molecule has 0 atom stereocenters. The zero-order valence-corrected chi connectivity index (χ0v) is 10.7. The van der Waals surface area contributed by atoms with E-state index < -0.39 is 0 Å². The molecule has 2 aromatic rings. The van der Waals surface area contributed by atoms with Gasteiger partial charge in [0.1, 0.15) is 16.5 Å². The molecule has 0 fully saturated rings. The summed E-state index contributed by atoms with van der Waals surface area (Å²) in [6.45, 7) is 0. The van der Waals surface area contributed by atoms with Gasteiger partial charge in [0, 0.05) is 10.9 Å². The van der Waals surface area contributed by atoms with Gasteiger partial charge in [-0.3, -0.25) is 4.79 Å². The van der Waals surface area contributed by atoms with Gasteiger partial charge >= 0.3 is 0 Å². The van der Waals surface area contributed by atoms with Crippen molar-refractivity contribution < 1.29 is 9.53 Å². The Kier molecular flexibility index (Phi) is 3.76. The number of thiazole rings is 1. The van der Waals surface area contributed by atoms with Gasteiger partial charge in [0.15, 0.2) is 5.78 Å². The van der Waals surface area contributed by atoms with Crippen molar-refractivity contribution in [3.05, 3.63) is 35.3 Å². The third-order valence-corrected chi connectivity index (χ3v) is 3.38. The van der Waals surface area contributed by atoms with Crippen LogP contribution in [-0.4, -0.2) is 23.8 Å². The van der Waals surface area contributed by atoms with Crippen LogP contribution in [0.3, 0.4) is 0 Å². The second-order valence-electron chi connectivity index (χ2n) is 3.32. The maximum absolute atomic E-state index is 11.4. The van der Waals surface area contributed by atoms with Crippen molar-refractivity contribution in [2.45, 2.75) is 0 Å². The van der Waals surface area contributed by atoms with E-state index in [0.717, 1.165) is 16.3 Å². The Morgan fingerprint density at radius 1 is 1.41 bits per heavy atom. The smallest absolute Gasteiger partial charge is 0.196 e. The highest BCUT2D eigenvalue weighted by Gasteiger charge is 2.10. The molecule has 0 saturated heterocycles. The van der Waals surface area contributed by atoms with Crippen LogP contribution in [0.1, 0.15) is 10.5 Å². The number of alkyl halides is 1. The number of carbonyl (C=O) groups is 1. The summed E-state index contributed by atoms with van der Waals surface area (Å²) < 4.78 is 5.08. The van der Waals surface area contributed by atoms with Crippen LogP contribution >= 0.6 is 22.9 Å². The fourth-order valence-electron chi connectivity index (χ4n) is 1.34. The van der Waals surface area contributed by atoms with Crippen molar-refractivity contribution in [2.24, 2.45) is 0 Å². The van der Waals surface area contributed by atoms with Crippen LogP contribution in [0.5, 0.6) is 5.75 Å². The summed E-state index contributed by atoms with van der Waals surface area (Å²) in [4.78, 5) is 15.6. The molecule has 17 heavy (non-hydrogen) atoms. The molecule has 0 amide bonds. The van der Waals surface area contributed by atoms with Gasteiger partial charge < -0.3 is 4.74 Å². The Balaban J connectivity index is 2.27. The minimum absolute atomic E-state index is 0.0359. The summed E-state index contributed by atoms with van der Waals surface area (Å²) >= 11 is 6.91. The third-order valence-electron chi connectivity index (χ3n) is 2.25.